The number of amides is 2. The van der Waals surface area contributed by atoms with Gasteiger partial charge in [0.15, 0.2) is 0 Å². The van der Waals surface area contributed by atoms with Gasteiger partial charge in [-0.15, -0.1) is 0 Å². The van der Waals surface area contributed by atoms with E-state index in [2.05, 4.69) is 10.2 Å². The zero-order valence-corrected chi connectivity index (χ0v) is 12.2. The third-order valence-electron chi connectivity index (χ3n) is 3.85. The number of carbonyl (C=O) groups is 3. The first kappa shape index (κ1) is 13.9. The van der Waals surface area contributed by atoms with Crippen LogP contribution in [0.4, 0.5) is 11.4 Å². The molecule has 110 valence electrons. The smallest absolute Gasteiger partial charge is 0.296 e. The third kappa shape index (κ3) is 2.35. The van der Waals surface area contributed by atoms with Crippen LogP contribution in [0.5, 0.6) is 0 Å². The van der Waals surface area contributed by atoms with Crippen molar-refractivity contribution in [2.75, 3.05) is 36.4 Å². The Morgan fingerprint density at radius 2 is 1.86 bits per heavy atom. The predicted octanol–water partition coefficient (Wildman–Crippen LogP) is 1.14. The van der Waals surface area contributed by atoms with E-state index < -0.39 is 11.7 Å². The number of benzene rings is 1. The van der Waals surface area contributed by atoms with Gasteiger partial charge in [-0.25, -0.2) is 0 Å². The molecule has 2 amide bonds. The Morgan fingerprint density at radius 1 is 1.19 bits per heavy atom. The van der Waals surface area contributed by atoms with Gasteiger partial charge in [0.05, 0.1) is 22.0 Å². The molecule has 7 heteroatoms. The van der Waals surface area contributed by atoms with E-state index in [9.17, 15) is 14.4 Å². The van der Waals surface area contributed by atoms with E-state index in [0.717, 1.165) is 5.69 Å². The summed E-state index contributed by atoms with van der Waals surface area (Å²) in [6, 6.07) is 3.26. The molecule has 1 fully saturated rings. The first-order valence-electron chi connectivity index (χ1n) is 6.67. The molecule has 2 aliphatic rings. The maximum Gasteiger partial charge on any atom is 0.296 e. The van der Waals surface area contributed by atoms with E-state index in [1.54, 1.807) is 17.9 Å². The highest BCUT2D eigenvalue weighted by atomic mass is 35.5. The fraction of sp³-hybridized carbons (Fsp3) is 0.357. The van der Waals surface area contributed by atoms with Gasteiger partial charge in [-0.2, -0.15) is 0 Å². The molecule has 3 rings (SSSR count). The average Bonchev–Trinajstić information content (AvgIpc) is 2.73. The summed E-state index contributed by atoms with van der Waals surface area (Å²) in [4.78, 5) is 38.2. The maximum atomic E-state index is 11.6. The number of piperazine rings is 1. The van der Waals surface area contributed by atoms with Crippen molar-refractivity contribution in [2.45, 2.75) is 6.92 Å². The topological polar surface area (TPSA) is 69.7 Å². The molecular formula is C14H14ClN3O3. The summed E-state index contributed by atoms with van der Waals surface area (Å²) < 4.78 is 0. The van der Waals surface area contributed by atoms with Crippen LogP contribution in [0, 0.1) is 0 Å². The summed E-state index contributed by atoms with van der Waals surface area (Å²) in [7, 11) is 0. The van der Waals surface area contributed by atoms with Gasteiger partial charge >= 0.3 is 0 Å². The van der Waals surface area contributed by atoms with Gasteiger partial charge in [0.1, 0.15) is 0 Å². The van der Waals surface area contributed by atoms with Crippen molar-refractivity contribution in [1.82, 2.24) is 4.90 Å². The lowest BCUT2D eigenvalue weighted by atomic mass is 10.1. The Labute approximate surface area is 126 Å². The lowest BCUT2D eigenvalue weighted by Gasteiger charge is -2.36. The molecule has 0 radical (unpaired) electrons. The molecular weight excluding hydrogens is 294 g/mol. The number of hydrogen-bond donors (Lipinski definition) is 1. The van der Waals surface area contributed by atoms with Crippen LogP contribution in [0.2, 0.25) is 5.02 Å². The van der Waals surface area contributed by atoms with Gasteiger partial charge in [0, 0.05) is 33.1 Å². The van der Waals surface area contributed by atoms with Crippen molar-refractivity contribution in [3.63, 3.8) is 0 Å². The number of hydrogen-bond acceptors (Lipinski definition) is 4. The Kier molecular flexibility index (Phi) is 3.33. The number of halogens is 1. The highest BCUT2D eigenvalue weighted by Crippen LogP contribution is 2.35. The molecule has 6 nitrogen and oxygen atoms in total. The Hall–Kier alpha value is -2.08. The molecule has 21 heavy (non-hydrogen) atoms. The lowest BCUT2D eigenvalue weighted by Crippen LogP contribution is -2.48. The summed E-state index contributed by atoms with van der Waals surface area (Å²) in [5.41, 5.74) is 1.59. The maximum absolute atomic E-state index is 11.6. The number of rotatable bonds is 1. The highest BCUT2D eigenvalue weighted by molar-refractivity contribution is 6.52. The molecule has 1 N–H and O–H groups in total. The molecule has 2 aliphatic heterocycles. The van der Waals surface area contributed by atoms with Gasteiger partial charge in [0.2, 0.25) is 5.91 Å². The summed E-state index contributed by atoms with van der Waals surface area (Å²) >= 11 is 6.24. The minimum absolute atomic E-state index is 0.0626. The molecule has 2 heterocycles. The molecule has 1 aromatic carbocycles. The van der Waals surface area contributed by atoms with Crippen LogP contribution in [-0.2, 0) is 9.59 Å². The number of ketones is 1. The predicted molar refractivity (Wildman–Crippen MR) is 78.9 cm³/mol. The number of carbonyl (C=O) groups excluding carboxylic acids is 3. The second-order valence-electron chi connectivity index (χ2n) is 5.13. The number of nitrogens with zero attached hydrogens (tertiary/aromatic N) is 2. The van der Waals surface area contributed by atoms with Crippen LogP contribution in [0.1, 0.15) is 17.3 Å². The van der Waals surface area contributed by atoms with Crippen molar-refractivity contribution in [3.8, 4) is 0 Å². The van der Waals surface area contributed by atoms with Crippen molar-refractivity contribution >= 4 is 40.6 Å². The fourth-order valence-electron chi connectivity index (χ4n) is 2.66. The average molecular weight is 308 g/mol. The zero-order valence-electron chi connectivity index (χ0n) is 11.5. The van der Waals surface area contributed by atoms with Crippen molar-refractivity contribution in [2.24, 2.45) is 0 Å². The molecule has 1 saturated heterocycles. The first-order valence-corrected chi connectivity index (χ1v) is 7.05. The van der Waals surface area contributed by atoms with E-state index in [4.69, 9.17) is 11.6 Å². The second-order valence-corrected chi connectivity index (χ2v) is 5.53. The molecule has 0 bridgehead atoms. The molecule has 0 atom stereocenters. The standard InChI is InChI=1S/C14H14ClN3O3/c1-8(19)17-2-4-18(5-3-17)12-7-11-9(6-10(12)15)13(20)14(21)16-11/h6-7H,2-5H2,1H3,(H,16,20,21). The van der Waals surface area contributed by atoms with Crippen LogP contribution >= 0.6 is 11.6 Å². The molecule has 0 saturated carbocycles. The van der Waals surface area contributed by atoms with E-state index in [1.807, 2.05) is 0 Å². The van der Waals surface area contributed by atoms with Gasteiger partial charge in [0.25, 0.3) is 11.7 Å². The third-order valence-corrected chi connectivity index (χ3v) is 4.15. The monoisotopic (exact) mass is 307 g/mol. The Bertz CT molecular complexity index is 651. The SMILES string of the molecule is CC(=O)N1CCN(c2cc3c(cc2Cl)C(=O)C(=O)N3)CC1. The Morgan fingerprint density at radius 3 is 2.48 bits per heavy atom. The molecule has 0 aliphatic carbocycles. The molecule has 0 spiro atoms. The lowest BCUT2D eigenvalue weighted by molar-refractivity contribution is -0.129. The summed E-state index contributed by atoms with van der Waals surface area (Å²) in [5, 5.41) is 2.98. The quantitative estimate of drug-likeness (QED) is 0.790. The van der Waals surface area contributed by atoms with E-state index >= 15 is 0 Å². The van der Waals surface area contributed by atoms with Crippen LogP contribution in [-0.4, -0.2) is 48.7 Å². The van der Waals surface area contributed by atoms with Gasteiger partial charge in [-0.05, 0) is 12.1 Å². The van der Waals surface area contributed by atoms with Crippen molar-refractivity contribution < 1.29 is 14.4 Å². The van der Waals surface area contributed by atoms with Gasteiger partial charge < -0.3 is 15.1 Å². The number of fused-ring (bicyclic) bond motifs is 1. The minimum Gasteiger partial charge on any atom is -0.367 e. The van der Waals surface area contributed by atoms with Crippen LogP contribution < -0.4 is 10.2 Å². The second kappa shape index (κ2) is 5.04. The van der Waals surface area contributed by atoms with Crippen LogP contribution in [0.25, 0.3) is 0 Å². The fourth-order valence-corrected chi connectivity index (χ4v) is 2.94. The van der Waals surface area contributed by atoms with Crippen molar-refractivity contribution in [3.05, 3.63) is 22.7 Å². The van der Waals surface area contributed by atoms with Crippen molar-refractivity contribution in [1.29, 1.82) is 0 Å². The molecule has 0 unspecified atom stereocenters. The number of nitrogens with one attached hydrogen (secondary N) is 1. The number of Topliss-reactive ketones (excluding diaryl/α,β-unsaturated/α-hetero) is 1. The summed E-state index contributed by atoms with van der Waals surface area (Å²) in [6.45, 7) is 4.15. The van der Waals surface area contributed by atoms with E-state index in [1.165, 1.54) is 6.07 Å². The Balaban J connectivity index is 1.85. The summed E-state index contributed by atoms with van der Waals surface area (Å²) in [6.07, 6.45) is 0. The van der Waals surface area contributed by atoms with E-state index in [0.29, 0.717) is 42.5 Å². The number of anilines is 2. The van der Waals surface area contributed by atoms with Gasteiger partial charge in [-0.3, -0.25) is 14.4 Å². The normalized spacial score (nSPS) is 17.8. The van der Waals surface area contributed by atoms with Crippen LogP contribution in [0.15, 0.2) is 12.1 Å². The van der Waals surface area contributed by atoms with Gasteiger partial charge in [-0.1, -0.05) is 11.6 Å². The highest BCUT2D eigenvalue weighted by Gasteiger charge is 2.30. The van der Waals surface area contributed by atoms with E-state index in [-0.39, 0.29) is 5.91 Å². The molecule has 0 aromatic heterocycles. The summed E-state index contributed by atoms with van der Waals surface area (Å²) in [5.74, 6) is -1.12. The zero-order chi connectivity index (χ0) is 15.1. The van der Waals surface area contributed by atoms with Crippen LogP contribution in [0.3, 0.4) is 0 Å². The largest absolute Gasteiger partial charge is 0.367 e. The minimum atomic E-state index is -0.625. The first-order chi connectivity index (χ1) is 9.97. The molecule has 1 aromatic rings.